The molecule has 0 amide bonds. The highest BCUT2D eigenvalue weighted by molar-refractivity contribution is 7.99. The van der Waals surface area contributed by atoms with Gasteiger partial charge in [-0.15, -0.1) is 0 Å². The van der Waals surface area contributed by atoms with E-state index in [0.717, 1.165) is 50.2 Å². The second-order valence-corrected chi connectivity index (χ2v) is 10.4. The molecule has 0 radical (unpaired) electrons. The smallest absolute Gasteiger partial charge is 0.150 e. The van der Waals surface area contributed by atoms with Crippen molar-refractivity contribution < 1.29 is 18.3 Å². The Kier molecular flexibility index (Phi) is 4.89. The summed E-state index contributed by atoms with van der Waals surface area (Å²) in [6.45, 7) is 0.745. The van der Waals surface area contributed by atoms with Gasteiger partial charge in [-0.25, -0.2) is 8.42 Å². The van der Waals surface area contributed by atoms with E-state index in [0.29, 0.717) is 12.2 Å². The average Bonchev–Trinajstić information content (AvgIpc) is 2.79. The summed E-state index contributed by atoms with van der Waals surface area (Å²) in [4.78, 5) is 0. The van der Waals surface area contributed by atoms with E-state index < -0.39 is 9.84 Å². The number of aliphatic hydroxyl groups excluding tert-OH is 1. The van der Waals surface area contributed by atoms with Crippen LogP contribution in [0, 0.1) is 11.8 Å². The molecule has 0 aromatic rings. The maximum atomic E-state index is 11.5. The minimum Gasteiger partial charge on any atom is -0.393 e. The van der Waals surface area contributed by atoms with Gasteiger partial charge in [0.2, 0.25) is 0 Å². The van der Waals surface area contributed by atoms with Crippen molar-refractivity contribution in [2.75, 3.05) is 29.6 Å². The third kappa shape index (κ3) is 3.95. The van der Waals surface area contributed by atoms with Gasteiger partial charge in [0.15, 0.2) is 9.84 Å². The van der Waals surface area contributed by atoms with Crippen LogP contribution in [0.2, 0.25) is 0 Å². The van der Waals surface area contributed by atoms with Crippen molar-refractivity contribution >= 4 is 21.6 Å². The highest BCUT2D eigenvalue weighted by atomic mass is 32.2. The normalized spacial score (nSPS) is 36.6. The molecular formula is C15H26O4S2. The van der Waals surface area contributed by atoms with Crippen LogP contribution in [-0.2, 0) is 14.6 Å². The molecule has 3 heterocycles. The zero-order chi connectivity index (χ0) is 14.9. The van der Waals surface area contributed by atoms with Crippen LogP contribution < -0.4 is 0 Å². The third-order valence-electron chi connectivity index (χ3n) is 5.38. The van der Waals surface area contributed by atoms with Crippen molar-refractivity contribution in [3.05, 3.63) is 0 Å². The second kappa shape index (κ2) is 6.38. The number of rotatable bonds is 3. The Bertz CT molecular complexity index is 451. The molecule has 1 N–H and O–H groups in total. The summed E-state index contributed by atoms with van der Waals surface area (Å²) < 4.78 is 29.1. The molecule has 4 nitrogen and oxygen atoms in total. The van der Waals surface area contributed by atoms with Crippen molar-refractivity contribution in [1.82, 2.24) is 0 Å². The average molecular weight is 335 g/mol. The largest absolute Gasteiger partial charge is 0.393 e. The molecule has 3 aliphatic rings. The van der Waals surface area contributed by atoms with E-state index in [1.54, 1.807) is 0 Å². The summed E-state index contributed by atoms with van der Waals surface area (Å²) in [6, 6.07) is 0. The van der Waals surface area contributed by atoms with E-state index in [9.17, 15) is 13.5 Å². The molecule has 1 spiro atoms. The Hall–Kier alpha value is 0.220. The van der Waals surface area contributed by atoms with Gasteiger partial charge in [-0.2, -0.15) is 11.8 Å². The molecule has 0 bridgehead atoms. The summed E-state index contributed by atoms with van der Waals surface area (Å²) >= 11 is 1.99. The van der Waals surface area contributed by atoms with Crippen LogP contribution in [-0.4, -0.2) is 54.8 Å². The molecule has 6 heteroatoms. The fraction of sp³-hybridized carbons (Fsp3) is 1.00. The molecule has 0 aliphatic carbocycles. The van der Waals surface area contributed by atoms with E-state index in [4.69, 9.17) is 4.74 Å². The molecule has 3 rings (SSSR count). The lowest BCUT2D eigenvalue weighted by atomic mass is 9.77. The van der Waals surface area contributed by atoms with Crippen LogP contribution in [0.25, 0.3) is 0 Å². The first-order valence-electron chi connectivity index (χ1n) is 8.08. The van der Waals surface area contributed by atoms with Crippen LogP contribution in [0.15, 0.2) is 0 Å². The fourth-order valence-corrected chi connectivity index (χ4v) is 7.19. The summed E-state index contributed by atoms with van der Waals surface area (Å²) in [5.74, 6) is 3.33. The molecule has 21 heavy (non-hydrogen) atoms. The number of ether oxygens (including phenoxy) is 1. The lowest BCUT2D eigenvalue weighted by Crippen LogP contribution is -2.45. The number of thioether (sulfide) groups is 1. The van der Waals surface area contributed by atoms with Crippen LogP contribution in [0.5, 0.6) is 0 Å². The van der Waals surface area contributed by atoms with Crippen molar-refractivity contribution in [1.29, 1.82) is 0 Å². The molecule has 3 saturated heterocycles. The fourth-order valence-electron chi connectivity index (χ4n) is 4.08. The lowest BCUT2D eigenvalue weighted by Gasteiger charge is -2.44. The minimum atomic E-state index is -2.84. The van der Waals surface area contributed by atoms with Gasteiger partial charge in [0.05, 0.1) is 23.2 Å². The molecule has 3 aliphatic heterocycles. The molecular weight excluding hydrogens is 308 g/mol. The first-order valence-corrected chi connectivity index (χ1v) is 11.1. The van der Waals surface area contributed by atoms with Crippen LogP contribution >= 0.6 is 11.8 Å². The van der Waals surface area contributed by atoms with Gasteiger partial charge in [0, 0.05) is 6.61 Å². The zero-order valence-corrected chi connectivity index (χ0v) is 14.1. The van der Waals surface area contributed by atoms with Crippen molar-refractivity contribution in [3.63, 3.8) is 0 Å². The number of aliphatic hydroxyl groups is 1. The maximum Gasteiger partial charge on any atom is 0.150 e. The first kappa shape index (κ1) is 16.1. The molecule has 3 atom stereocenters. The number of hydrogen-bond donors (Lipinski definition) is 1. The monoisotopic (exact) mass is 334 g/mol. The van der Waals surface area contributed by atoms with Gasteiger partial charge < -0.3 is 9.84 Å². The van der Waals surface area contributed by atoms with Gasteiger partial charge in [0.25, 0.3) is 0 Å². The second-order valence-electron chi connectivity index (χ2n) is 6.97. The summed E-state index contributed by atoms with van der Waals surface area (Å²) in [6.07, 6.45) is 5.07. The van der Waals surface area contributed by atoms with E-state index >= 15 is 0 Å². The van der Waals surface area contributed by atoms with Gasteiger partial charge in [-0.3, -0.25) is 0 Å². The van der Waals surface area contributed by atoms with Gasteiger partial charge >= 0.3 is 0 Å². The SMILES string of the molecule is O=S1(=O)CCC(CC(O)C2CCOC3(CCSCC3)C2)C1. The quantitative estimate of drug-likeness (QED) is 0.853. The van der Waals surface area contributed by atoms with Crippen LogP contribution in [0.4, 0.5) is 0 Å². The summed E-state index contributed by atoms with van der Waals surface area (Å²) in [5.41, 5.74) is -0.00308. The standard InChI is InChI=1S/C15H26O4S2/c16-14(9-12-2-8-21(17,18)11-12)13-1-5-19-15(10-13)3-6-20-7-4-15/h12-14,16H,1-11H2. The Morgan fingerprint density at radius 3 is 2.71 bits per heavy atom. The molecule has 122 valence electrons. The first-order chi connectivity index (χ1) is 9.98. The predicted octanol–water partition coefficient (Wildman–Crippen LogP) is 1.86. The van der Waals surface area contributed by atoms with Crippen molar-refractivity contribution in [3.8, 4) is 0 Å². The highest BCUT2D eigenvalue weighted by Gasteiger charge is 2.41. The minimum absolute atomic E-state index is 0.00308. The molecule has 3 fully saturated rings. The molecule has 0 aromatic heterocycles. The Morgan fingerprint density at radius 2 is 2.05 bits per heavy atom. The topological polar surface area (TPSA) is 63.6 Å². The van der Waals surface area contributed by atoms with E-state index in [-0.39, 0.29) is 29.3 Å². The van der Waals surface area contributed by atoms with E-state index in [1.165, 1.54) is 0 Å². The van der Waals surface area contributed by atoms with Gasteiger partial charge in [-0.05, 0) is 61.9 Å². The number of sulfone groups is 1. The van der Waals surface area contributed by atoms with E-state index in [1.807, 2.05) is 11.8 Å². The lowest BCUT2D eigenvalue weighted by molar-refractivity contribution is -0.122. The molecule has 3 unspecified atom stereocenters. The molecule has 0 aromatic carbocycles. The zero-order valence-electron chi connectivity index (χ0n) is 12.5. The highest BCUT2D eigenvalue weighted by Crippen LogP contribution is 2.41. The molecule has 0 saturated carbocycles. The van der Waals surface area contributed by atoms with Crippen molar-refractivity contribution in [2.24, 2.45) is 11.8 Å². The maximum absolute atomic E-state index is 11.5. The Morgan fingerprint density at radius 1 is 1.29 bits per heavy atom. The summed E-state index contributed by atoms with van der Waals surface area (Å²) in [7, 11) is -2.84. The van der Waals surface area contributed by atoms with Crippen molar-refractivity contribution in [2.45, 2.75) is 50.2 Å². The summed E-state index contributed by atoms with van der Waals surface area (Å²) in [5, 5.41) is 10.6. The number of hydrogen-bond acceptors (Lipinski definition) is 5. The predicted molar refractivity (Wildman–Crippen MR) is 85.4 cm³/mol. The van der Waals surface area contributed by atoms with Crippen LogP contribution in [0.1, 0.15) is 38.5 Å². The Balaban J connectivity index is 1.56. The van der Waals surface area contributed by atoms with Crippen LogP contribution in [0.3, 0.4) is 0 Å². The van der Waals surface area contributed by atoms with E-state index in [2.05, 4.69) is 0 Å². The van der Waals surface area contributed by atoms with Gasteiger partial charge in [-0.1, -0.05) is 0 Å². The Labute approximate surface area is 131 Å². The van der Waals surface area contributed by atoms with Gasteiger partial charge in [0.1, 0.15) is 0 Å². The third-order valence-corrected chi connectivity index (χ3v) is 8.20.